The number of aliphatic carboxylic acids is 1. The fourth-order valence-electron chi connectivity index (χ4n) is 2.43. The molecule has 0 aromatic heterocycles. The fraction of sp³-hybridized carbons (Fsp3) is 0.533. The molecule has 2 N–H and O–H groups in total. The lowest BCUT2D eigenvalue weighted by atomic mass is 10.1. The Balaban J connectivity index is 1.83. The highest BCUT2D eigenvalue weighted by molar-refractivity contribution is 5.90. The Hall–Kier alpha value is -2.39. The van der Waals surface area contributed by atoms with E-state index in [2.05, 4.69) is 6.58 Å². The summed E-state index contributed by atoms with van der Waals surface area (Å²) in [5.41, 5.74) is 0. The number of carbonyl (C=O) groups excluding carboxylic acids is 2. The second kappa shape index (κ2) is 7.93. The number of allylic oxidation sites excluding steroid dienone is 1. The number of rotatable bonds is 7. The molecule has 0 aromatic carbocycles. The minimum absolute atomic E-state index is 0.0123. The molecular weight excluding hydrogens is 324 g/mol. The number of hydrogen-bond acceptors (Lipinski definition) is 8. The van der Waals surface area contributed by atoms with Crippen molar-refractivity contribution in [1.82, 2.24) is 0 Å². The van der Waals surface area contributed by atoms with Gasteiger partial charge in [-0.3, -0.25) is 4.79 Å². The quantitative estimate of drug-likeness (QED) is 0.376. The Bertz CT molecular complexity index is 553. The van der Waals surface area contributed by atoms with Gasteiger partial charge in [-0.1, -0.05) is 6.58 Å². The topological polar surface area (TPSA) is 129 Å². The molecule has 24 heavy (non-hydrogen) atoms. The third-order valence-electron chi connectivity index (χ3n) is 3.49. The van der Waals surface area contributed by atoms with Crippen LogP contribution in [0, 0.1) is 0 Å². The largest absolute Gasteiger partial charge is 0.513 e. The second-order valence-electron chi connectivity index (χ2n) is 5.34. The third kappa shape index (κ3) is 4.80. The van der Waals surface area contributed by atoms with Crippen LogP contribution < -0.4 is 0 Å². The second-order valence-corrected chi connectivity index (χ2v) is 5.34. The normalized spacial score (nSPS) is 28.5. The lowest BCUT2D eigenvalue weighted by Gasteiger charge is -2.17. The van der Waals surface area contributed by atoms with Gasteiger partial charge in [0.2, 0.25) is 0 Å². The summed E-state index contributed by atoms with van der Waals surface area (Å²) in [6.45, 7) is 3.44. The molecule has 2 saturated heterocycles. The summed E-state index contributed by atoms with van der Waals surface area (Å²) in [6, 6.07) is 0. The van der Waals surface area contributed by atoms with Gasteiger partial charge in [0, 0.05) is 18.6 Å². The molecule has 2 rings (SSSR count). The average Bonchev–Trinajstić information content (AvgIpc) is 3.07. The number of aliphatic hydroxyl groups is 1. The van der Waals surface area contributed by atoms with Gasteiger partial charge in [-0.05, 0) is 0 Å². The SMILES string of the molecule is C=C(O)CCC(=O)O[C@H]1CO[C@H]2[C@@H]1OC[C@H]2OC(=O)/C=C/C(=O)O. The molecule has 0 amide bonds. The van der Waals surface area contributed by atoms with Crippen LogP contribution in [0.15, 0.2) is 24.5 Å². The predicted molar refractivity (Wildman–Crippen MR) is 77.0 cm³/mol. The van der Waals surface area contributed by atoms with E-state index >= 15 is 0 Å². The summed E-state index contributed by atoms with van der Waals surface area (Å²) in [5, 5.41) is 17.4. The highest BCUT2D eigenvalue weighted by atomic mass is 16.7. The van der Waals surface area contributed by atoms with Gasteiger partial charge in [-0.15, -0.1) is 0 Å². The van der Waals surface area contributed by atoms with E-state index in [0.717, 1.165) is 6.08 Å². The van der Waals surface area contributed by atoms with Crippen molar-refractivity contribution >= 4 is 17.9 Å². The van der Waals surface area contributed by atoms with E-state index in [-0.39, 0.29) is 31.8 Å². The van der Waals surface area contributed by atoms with E-state index < -0.39 is 42.3 Å². The van der Waals surface area contributed by atoms with Crippen molar-refractivity contribution in [3.63, 3.8) is 0 Å². The summed E-state index contributed by atoms with van der Waals surface area (Å²) in [5.74, 6) is -2.71. The Morgan fingerprint density at radius 2 is 1.58 bits per heavy atom. The van der Waals surface area contributed by atoms with Gasteiger partial charge in [-0.25, -0.2) is 9.59 Å². The molecular formula is C15H18O9. The number of fused-ring (bicyclic) bond motifs is 1. The van der Waals surface area contributed by atoms with Crippen molar-refractivity contribution in [2.24, 2.45) is 0 Å². The maximum absolute atomic E-state index is 11.7. The minimum atomic E-state index is -1.26. The molecule has 0 bridgehead atoms. The molecule has 0 aliphatic carbocycles. The molecule has 2 heterocycles. The lowest BCUT2D eigenvalue weighted by Crippen LogP contribution is -2.35. The van der Waals surface area contributed by atoms with Crippen LogP contribution >= 0.6 is 0 Å². The van der Waals surface area contributed by atoms with Gasteiger partial charge in [-0.2, -0.15) is 0 Å². The van der Waals surface area contributed by atoms with Crippen LogP contribution in [0.1, 0.15) is 12.8 Å². The zero-order chi connectivity index (χ0) is 17.7. The lowest BCUT2D eigenvalue weighted by molar-refractivity contribution is -0.154. The maximum Gasteiger partial charge on any atom is 0.331 e. The van der Waals surface area contributed by atoms with Crippen molar-refractivity contribution in [3.05, 3.63) is 24.5 Å². The molecule has 0 saturated carbocycles. The first-order chi connectivity index (χ1) is 11.4. The van der Waals surface area contributed by atoms with E-state index in [1.54, 1.807) is 0 Å². The smallest absolute Gasteiger partial charge is 0.331 e. The Labute approximate surface area is 137 Å². The van der Waals surface area contributed by atoms with E-state index in [0.29, 0.717) is 6.08 Å². The molecule has 0 spiro atoms. The van der Waals surface area contributed by atoms with Crippen molar-refractivity contribution < 1.29 is 43.5 Å². The average molecular weight is 342 g/mol. The van der Waals surface area contributed by atoms with Crippen molar-refractivity contribution in [2.45, 2.75) is 37.3 Å². The number of hydrogen-bond donors (Lipinski definition) is 2. The molecule has 2 fully saturated rings. The zero-order valence-corrected chi connectivity index (χ0v) is 12.8. The number of carboxylic acid groups (broad SMARTS) is 1. The van der Waals surface area contributed by atoms with Crippen LogP contribution in [0.2, 0.25) is 0 Å². The molecule has 0 radical (unpaired) electrons. The molecule has 2 aliphatic heterocycles. The Morgan fingerprint density at radius 3 is 2.12 bits per heavy atom. The molecule has 4 atom stereocenters. The standard InChI is InChI=1S/C15H18O9/c1-8(16)2-4-12(19)23-9-6-21-15-10(7-22-14(9)15)24-13(20)5-3-11(17)18/h3,5,9-10,14-16H,1-2,4,6-7H2,(H,17,18)/b5-3+/t9-,10+,14+,15+/m0/s1. The van der Waals surface area contributed by atoms with Crippen LogP contribution in [0.25, 0.3) is 0 Å². The Kier molecular flexibility index (Phi) is 5.93. The summed E-state index contributed by atoms with van der Waals surface area (Å²) in [7, 11) is 0. The number of carboxylic acids is 1. The number of esters is 2. The van der Waals surface area contributed by atoms with Gasteiger partial charge < -0.3 is 29.2 Å². The zero-order valence-electron chi connectivity index (χ0n) is 12.8. The van der Waals surface area contributed by atoms with Gasteiger partial charge in [0.25, 0.3) is 0 Å². The number of ether oxygens (including phenoxy) is 4. The van der Waals surface area contributed by atoms with Crippen molar-refractivity contribution in [1.29, 1.82) is 0 Å². The fourth-order valence-corrected chi connectivity index (χ4v) is 2.43. The highest BCUT2D eigenvalue weighted by Gasteiger charge is 2.51. The highest BCUT2D eigenvalue weighted by Crippen LogP contribution is 2.31. The summed E-state index contributed by atoms with van der Waals surface area (Å²) >= 11 is 0. The molecule has 132 valence electrons. The summed E-state index contributed by atoms with van der Waals surface area (Å²) in [4.78, 5) is 33.5. The number of carbonyl (C=O) groups is 3. The van der Waals surface area contributed by atoms with Crippen LogP contribution in [-0.4, -0.2) is 65.8 Å². The molecule has 9 nitrogen and oxygen atoms in total. The molecule has 9 heteroatoms. The first-order valence-corrected chi connectivity index (χ1v) is 7.28. The van der Waals surface area contributed by atoms with Crippen LogP contribution in [0.5, 0.6) is 0 Å². The van der Waals surface area contributed by atoms with E-state index in [9.17, 15) is 14.4 Å². The first kappa shape index (κ1) is 18.0. The van der Waals surface area contributed by atoms with Gasteiger partial charge in [0.05, 0.1) is 25.4 Å². The van der Waals surface area contributed by atoms with E-state index in [4.69, 9.17) is 29.2 Å². The predicted octanol–water partition coefficient (Wildman–Crippen LogP) is 0.100. The van der Waals surface area contributed by atoms with Gasteiger partial charge in [0.15, 0.2) is 12.2 Å². The van der Waals surface area contributed by atoms with Crippen LogP contribution in [-0.2, 0) is 33.3 Å². The molecule has 0 unspecified atom stereocenters. The molecule has 0 aromatic rings. The molecule has 2 aliphatic rings. The van der Waals surface area contributed by atoms with Crippen LogP contribution in [0.4, 0.5) is 0 Å². The van der Waals surface area contributed by atoms with Crippen molar-refractivity contribution in [3.8, 4) is 0 Å². The van der Waals surface area contributed by atoms with Gasteiger partial charge >= 0.3 is 17.9 Å². The van der Waals surface area contributed by atoms with E-state index in [1.807, 2.05) is 0 Å². The summed E-state index contributed by atoms with van der Waals surface area (Å²) < 4.78 is 21.3. The number of aliphatic hydroxyl groups excluding tert-OH is 1. The minimum Gasteiger partial charge on any atom is -0.513 e. The van der Waals surface area contributed by atoms with Crippen molar-refractivity contribution in [2.75, 3.05) is 13.2 Å². The van der Waals surface area contributed by atoms with Gasteiger partial charge in [0.1, 0.15) is 12.2 Å². The first-order valence-electron chi connectivity index (χ1n) is 7.28. The van der Waals surface area contributed by atoms with Crippen LogP contribution in [0.3, 0.4) is 0 Å². The Morgan fingerprint density at radius 1 is 1.00 bits per heavy atom. The maximum atomic E-state index is 11.7. The monoisotopic (exact) mass is 342 g/mol. The summed E-state index contributed by atoms with van der Waals surface area (Å²) in [6.07, 6.45) is -0.923. The van der Waals surface area contributed by atoms with E-state index in [1.165, 1.54) is 0 Å². The third-order valence-corrected chi connectivity index (χ3v) is 3.49.